The standard InChI is InChI=1S/C20H24N6O/c1-13-17-14(2)26(16-7-5-4-6-8-16)24-18(17)19(23-22-13)25-11-9-15(10-12-25)20(27)21-3/h4-8,15H,9-12H2,1-3H3,(H,21,27). The summed E-state index contributed by atoms with van der Waals surface area (Å²) in [6.45, 7) is 5.60. The molecule has 1 amide bonds. The van der Waals surface area contributed by atoms with Crippen LogP contribution < -0.4 is 10.2 Å². The number of carbonyl (C=O) groups is 1. The van der Waals surface area contributed by atoms with Crippen LogP contribution in [-0.2, 0) is 4.79 Å². The van der Waals surface area contributed by atoms with E-state index in [9.17, 15) is 4.79 Å². The molecule has 1 aliphatic heterocycles. The predicted molar refractivity (Wildman–Crippen MR) is 105 cm³/mol. The van der Waals surface area contributed by atoms with Crippen molar-refractivity contribution in [2.75, 3.05) is 25.0 Å². The van der Waals surface area contributed by atoms with Crippen molar-refractivity contribution in [3.8, 4) is 5.69 Å². The van der Waals surface area contributed by atoms with E-state index in [1.165, 1.54) is 0 Å². The summed E-state index contributed by atoms with van der Waals surface area (Å²) < 4.78 is 1.96. The van der Waals surface area contributed by atoms with Crippen molar-refractivity contribution in [2.24, 2.45) is 5.92 Å². The van der Waals surface area contributed by atoms with Gasteiger partial charge in [0.2, 0.25) is 5.91 Å². The van der Waals surface area contributed by atoms with E-state index in [4.69, 9.17) is 5.10 Å². The van der Waals surface area contributed by atoms with Gasteiger partial charge in [0, 0.05) is 26.1 Å². The maximum Gasteiger partial charge on any atom is 0.222 e. The lowest BCUT2D eigenvalue weighted by molar-refractivity contribution is -0.125. The number of anilines is 1. The monoisotopic (exact) mass is 364 g/mol. The third kappa shape index (κ3) is 3.03. The molecule has 2 aromatic heterocycles. The lowest BCUT2D eigenvalue weighted by atomic mass is 9.96. The Morgan fingerprint density at radius 3 is 2.48 bits per heavy atom. The van der Waals surface area contributed by atoms with Gasteiger partial charge in [0.25, 0.3) is 0 Å². The SMILES string of the molecule is CNC(=O)C1CCN(c2nnc(C)c3c(C)n(-c4ccccc4)nc23)CC1. The summed E-state index contributed by atoms with van der Waals surface area (Å²) in [4.78, 5) is 14.1. The molecule has 0 unspecified atom stereocenters. The molecule has 0 atom stereocenters. The molecule has 0 bridgehead atoms. The first-order chi connectivity index (χ1) is 13.1. The highest BCUT2D eigenvalue weighted by molar-refractivity contribution is 5.92. The number of aryl methyl sites for hydroxylation is 2. The van der Waals surface area contributed by atoms with Crippen LogP contribution in [0, 0.1) is 19.8 Å². The molecule has 1 aliphatic rings. The fourth-order valence-electron chi connectivity index (χ4n) is 3.90. The number of amides is 1. The maximum absolute atomic E-state index is 11.9. The first-order valence-corrected chi connectivity index (χ1v) is 9.34. The zero-order valence-electron chi connectivity index (χ0n) is 15.9. The van der Waals surface area contributed by atoms with Gasteiger partial charge in [0.15, 0.2) is 5.82 Å². The van der Waals surface area contributed by atoms with Crippen LogP contribution in [0.2, 0.25) is 0 Å². The lowest BCUT2D eigenvalue weighted by Crippen LogP contribution is -2.40. The number of aromatic nitrogens is 4. The first kappa shape index (κ1) is 17.5. The zero-order valence-corrected chi connectivity index (χ0v) is 15.9. The van der Waals surface area contributed by atoms with Crippen molar-refractivity contribution < 1.29 is 4.79 Å². The van der Waals surface area contributed by atoms with Crippen molar-refractivity contribution in [3.63, 3.8) is 0 Å². The molecule has 27 heavy (non-hydrogen) atoms. The van der Waals surface area contributed by atoms with Crippen molar-refractivity contribution in [1.82, 2.24) is 25.3 Å². The Morgan fingerprint density at radius 2 is 1.81 bits per heavy atom. The average molecular weight is 364 g/mol. The third-order valence-corrected chi connectivity index (χ3v) is 5.40. The quantitative estimate of drug-likeness (QED) is 0.772. The summed E-state index contributed by atoms with van der Waals surface area (Å²) in [6, 6.07) is 10.1. The molecule has 4 rings (SSSR count). The Morgan fingerprint density at radius 1 is 1.11 bits per heavy atom. The molecule has 0 radical (unpaired) electrons. The van der Waals surface area contributed by atoms with Gasteiger partial charge < -0.3 is 10.2 Å². The van der Waals surface area contributed by atoms with E-state index >= 15 is 0 Å². The van der Waals surface area contributed by atoms with Crippen LogP contribution in [-0.4, -0.2) is 46.0 Å². The highest BCUT2D eigenvalue weighted by Crippen LogP contribution is 2.31. The van der Waals surface area contributed by atoms with Gasteiger partial charge in [0.05, 0.1) is 22.5 Å². The molecule has 0 aliphatic carbocycles. The normalized spacial score (nSPS) is 15.3. The molecule has 0 spiro atoms. The van der Waals surface area contributed by atoms with Crippen LogP contribution >= 0.6 is 0 Å². The number of benzene rings is 1. The van der Waals surface area contributed by atoms with Gasteiger partial charge in [-0.25, -0.2) is 4.68 Å². The van der Waals surface area contributed by atoms with E-state index in [0.29, 0.717) is 0 Å². The van der Waals surface area contributed by atoms with Crippen molar-refractivity contribution in [2.45, 2.75) is 26.7 Å². The molecule has 7 heteroatoms. The second kappa shape index (κ2) is 6.98. The minimum atomic E-state index is 0.0729. The smallest absolute Gasteiger partial charge is 0.222 e. The number of carbonyl (C=O) groups excluding carboxylic acids is 1. The second-order valence-electron chi connectivity index (χ2n) is 7.04. The molecule has 7 nitrogen and oxygen atoms in total. The first-order valence-electron chi connectivity index (χ1n) is 9.34. The molecule has 1 aromatic carbocycles. The summed E-state index contributed by atoms with van der Waals surface area (Å²) in [7, 11) is 1.70. The van der Waals surface area contributed by atoms with E-state index in [2.05, 4.69) is 27.3 Å². The van der Waals surface area contributed by atoms with Gasteiger partial charge in [-0.1, -0.05) is 18.2 Å². The highest BCUT2D eigenvalue weighted by atomic mass is 16.1. The van der Waals surface area contributed by atoms with Crippen LogP contribution in [0.15, 0.2) is 30.3 Å². The fourth-order valence-corrected chi connectivity index (χ4v) is 3.90. The van der Waals surface area contributed by atoms with Crippen LogP contribution in [0.25, 0.3) is 16.6 Å². The van der Waals surface area contributed by atoms with Gasteiger partial charge >= 0.3 is 0 Å². The Labute approximate surface area is 158 Å². The summed E-state index contributed by atoms with van der Waals surface area (Å²) in [5.74, 6) is 1.01. The summed E-state index contributed by atoms with van der Waals surface area (Å²) in [6.07, 6.45) is 1.63. The third-order valence-electron chi connectivity index (χ3n) is 5.40. The Kier molecular flexibility index (Phi) is 4.51. The minimum Gasteiger partial charge on any atom is -0.359 e. The van der Waals surface area contributed by atoms with E-state index in [-0.39, 0.29) is 11.8 Å². The number of nitrogens with zero attached hydrogens (tertiary/aromatic N) is 5. The summed E-state index contributed by atoms with van der Waals surface area (Å²) >= 11 is 0. The molecule has 140 valence electrons. The number of nitrogens with one attached hydrogen (secondary N) is 1. The molecular formula is C20H24N6O. The largest absolute Gasteiger partial charge is 0.359 e. The number of piperidine rings is 1. The van der Waals surface area contributed by atoms with Crippen molar-refractivity contribution >= 4 is 22.6 Å². The van der Waals surface area contributed by atoms with Gasteiger partial charge in [-0.3, -0.25) is 4.79 Å². The van der Waals surface area contributed by atoms with E-state index in [1.807, 2.05) is 41.9 Å². The fraction of sp³-hybridized carbons (Fsp3) is 0.400. The van der Waals surface area contributed by atoms with Gasteiger partial charge in [-0.05, 0) is 38.8 Å². The summed E-state index contributed by atoms with van der Waals surface area (Å²) in [5.41, 5.74) is 3.84. The minimum absolute atomic E-state index is 0.0729. The lowest BCUT2D eigenvalue weighted by Gasteiger charge is -2.31. The van der Waals surface area contributed by atoms with Crippen LogP contribution in [0.4, 0.5) is 5.82 Å². The van der Waals surface area contributed by atoms with E-state index in [0.717, 1.165) is 59.7 Å². The van der Waals surface area contributed by atoms with E-state index < -0.39 is 0 Å². The summed E-state index contributed by atoms with van der Waals surface area (Å²) in [5, 5.41) is 17.6. The van der Waals surface area contributed by atoms with Crippen LogP contribution in [0.5, 0.6) is 0 Å². The number of rotatable bonds is 3. The Balaban J connectivity index is 1.73. The molecule has 1 fully saturated rings. The molecular weight excluding hydrogens is 340 g/mol. The van der Waals surface area contributed by atoms with Gasteiger partial charge in [-0.15, -0.1) is 5.10 Å². The van der Waals surface area contributed by atoms with Gasteiger partial charge in [0.1, 0.15) is 5.52 Å². The Hall–Kier alpha value is -2.96. The zero-order chi connectivity index (χ0) is 19.0. The molecule has 1 saturated heterocycles. The van der Waals surface area contributed by atoms with Crippen molar-refractivity contribution in [1.29, 1.82) is 0 Å². The molecule has 3 heterocycles. The van der Waals surface area contributed by atoms with Gasteiger partial charge in [-0.2, -0.15) is 10.2 Å². The number of fused-ring (bicyclic) bond motifs is 1. The number of para-hydroxylation sites is 1. The number of hydrogen-bond acceptors (Lipinski definition) is 5. The molecule has 3 aromatic rings. The predicted octanol–water partition coefficient (Wildman–Crippen LogP) is 2.39. The Bertz CT molecular complexity index is 973. The molecule has 0 saturated carbocycles. The van der Waals surface area contributed by atoms with Crippen LogP contribution in [0.1, 0.15) is 24.2 Å². The highest BCUT2D eigenvalue weighted by Gasteiger charge is 2.27. The second-order valence-corrected chi connectivity index (χ2v) is 7.04. The van der Waals surface area contributed by atoms with Crippen LogP contribution in [0.3, 0.4) is 0 Å². The average Bonchev–Trinajstić information content (AvgIpc) is 3.07. The maximum atomic E-state index is 11.9. The van der Waals surface area contributed by atoms with E-state index in [1.54, 1.807) is 7.05 Å². The molecule has 1 N–H and O–H groups in total. The van der Waals surface area contributed by atoms with Crippen molar-refractivity contribution in [3.05, 3.63) is 41.7 Å². The topological polar surface area (TPSA) is 75.9 Å². The number of hydrogen-bond donors (Lipinski definition) is 1.